The summed E-state index contributed by atoms with van der Waals surface area (Å²) in [4.78, 5) is 21.0. The van der Waals surface area contributed by atoms with E-state index in [4.69, 9.17) is 4.98 Å². The van der Waals surface area contributed by atoms with Gasteiger partial charge in [-0.25, -0.2) is 4.98 Å². The van der Waals surface area contributed by atoms with Crippen LogP contribution in [0, 0.1) is 0 Å². The normalized spacial score (nSPS) is 14.4. The predicted octanol–water partition coefficient (Wildman–Crippen LogP) is 5.03. The van der Waals surface area contributed by atoms with Crippen molar-refractivity contribution in [2.45, 2.75) is 12.8 Å². The van der Waals surface area contributed by atoms with Crippen LogP contribution in [0.2, 0.25) is 0 Å². The van der Waals surface area contributed by atoms with Gasteiger partial charge in [0.25, 0.3) is 5.91 Å². The molecule has 0 N–H and O–H groups in total. The number of rotatable bonds is 3. The number of carbonyl (C=O) groups is 1. The van der Waals surface area contributed by atoms with Crippen molar-refractivity contribution in [1.29, 1.82) is 0 Å². The molecule has 0 atom stereocenters. The molecule has 1 aliphatic rings. The zero-order chi connectivity index (χ0) is 17.5. The Kier molecular flexibility index (Phi) is 3.87. The van der Waals surface area contributed by atoms with E-state index in [1.54, 1.807) is 22.7 Å². The molecule has 1 fully saturated rings. The fourth-order valence-corrected chi connectivity index (χ4v) is 5.14. The van der Waals surface area contributed by atoms with Crippen molar-refractivity contribution in [1.82, 2.24) is 14.3 Å². The maximum absolute atomic E-state index is 13.0. The molecule has 5 rings (SSSR count). The molecule has 4 nitrogen and oxygen atoms in total. The van der Waals surface area contributed by atoms with Crippen LogP contribution >= 0.6 is 22.7 Å². The molecular weight excluding hydrogens is 362 g/mol. The van der Waals surface area contributed by atoms with Gasteiger partial charge in [0.1, 0.15) is 5.01 Å². The van der Waals surface area contributed by atoms with E-state index >= 15 is 0 Å². The summed E-state index contributed by atoms with van der Waals surface area (Å²) in [5.74, 6) is 0.131. The second-order valence-electron chi connectivity index (χ2n) is 6.41. The molecule has 0 radical (unpaired) electrons. The highest BCUT2D eigenvalue weighted by Gasteiger charge is 2.24. The van der Waals surface area contributed by atoms with Crippen molar-refractivity contribution in [2.24, 2.45) is 0 Å². The largest absolute Gasteiger partial charge is 0.339 e. The Morgan fingerprint density at radius 3 is 2.77 bits per heavy atom. The Morgan fingerprint density at radius 1 is 1.08 bits per heavy atom. The number of nitrogens with zero attached hydrogens (tertiary/aromatic N) is 3. The number of pyridine rings is 1. The average molecular weight is 380 g/mol. The predicted molar refractivity (Wildman–Crippen MR) is 107 cm³/mol. The lowest BCUT2D eigenvalue weighted by Crippen LogP contribution is -2.27. The van der Waals surface area contributed by atoms with Crippen LogP contribution in [-0.2, 0) is 0 Å². The maximum Gasteiger partial charge on any atom is 0.256 e. The highest BCUT2D eigenvalue weighted by molar-refractivity contribution is 7.20. The number of hydrogen-bond donors (Lipinski definition) is 0. The number of thiophene rings is 1. The highest BCUT2D eigenvalue weighted by atomic mass is 32.1. The molecule has 26 heavy (non-hydrogen) atoms. The minimum absolute atomic E-state index is 0.131. The molecule has 4 aromatic heterocycles. The summed E-state index contributed by atoms with van der Waals surface area (Å²) in [5.41, 5.74) is 3.61. The van der Waals surface area contributed by atoms with Crippen molar-refractivity contribution in [2.75, 3.05) is 13.1 Å². The summed E-state index contributed by atoms with van der Waals surface area (Å²) in [6, 6.07) is 12.1. The molecule has 0 bridgehead atoms. The third-order valence-corrected chi connectivity index (χ3v) is 6.68. The average Bonchev–Trinajstić information content (AvgIpc) is 3.47. The zero-order valence-corrected chi connectivity index (χ0v) is 15.7. The van der Waals surface area contributed by atoms with Crippen LogP contribution in [0.1, 0.15) is 23.2 Å². The van der Waals surface area contributed by atoms with Gasteiger partial charge < -0.3 is 9.30 Å². The Balaban J connectivity index is 1.61. The first-order valence-corrected chi connectivity index (χ1v) is 10.5. The van der Waals surface area contributed by atoms with Gasteiger partial charge in [0.2, 0.25) is 0 Å². The Hall–Kier alpha value is -2.44. The third-order valence-electron chi connectivity index (χ3n) is 4.80. The molecule has 0 aliphatic carbocycles. The van der Waals surface area contributed by atoms with Gasteiger partial charge in [-0.1, -0.05) is 12.1 Å². The minimum atomic E-state index is 0.131. The van der Waals surface area contributed by atoms with Crippen molar-refractivity contribution < 1.29 is 4.79 Å². The zero-order valence-electron chi connectivity index (χ0n) is 14.1. The quantitative estimate of drug-likeness (QED) is 0.501. The molecular formula is C20H17N3OS2. The van der Waals surface area contributed by atoms with Gasteiger partial charge in [0.15, 0.2) is 0 Å². The summed E-state index contributed by atoms with van der Waals surface area (Å²) < 4.78 is 2.08. The summed E-state index contributed by atoms with van der Waals surface area (Å²) in [6.07, 6.45) is 4.21. The van der Waals surface area contributed by atoms with E-state index in [-0.39, 0.29) is 5.91 Å². The smallest absolute Gasteiger partial charge is 0.256 e. The van der Waals surface area contributed by atoms with Gasteiger partial charge >= 0.3 is 0 Å². The van der Waals surface area contributed by atoms with Gasteiger partial charge in [-0.15, -0.1) is 22.7 Å². The molecule has 0 saturated carbocycles. The molecule has 4 aromatic rings. The van der Waals surface area contributed by atoms with E-state index < -0.39 is 0 Å². The maximum atomic E-state index is 13.0. The molecule has 0 spiro atoms. The Labute approximate surface area is 159 Å². The number of carbonyl (C=O) groups excluding carboxylic acids is 1. The number of thiazole rings is 1. The molecule has 1 aliphatic heterocycles. The minimum Gasteiger partial charge on any atom is -0.339 e. The first-order chi connectivity index (χ1) is 12.8. The lowest BCUT2D eigenvalue weighted by Gasteiger charge is -2.14. The van der Waals surface area contributed by atoms with Crippen LogP contribution in [-0.4, -0.2) is 33.3 Å². The first-order valence-electron chi connectivity index (χ1n) is 8.70. The molecule has 130 valence electrons. The summed E-state index contributed by atoms with van der Waals surface area (Å²) in [6.45, 7) is 1.72. The van der Waals surface area contributed by atoms with E-state index in [1.807, 2.05) is 41.4 Å². The number of hydrogen-bond acceptors (Lipinski definition) is 4. The van der Waals surface area contributed by atoms with Gasteiger partial charge in [0.05, 0.1) is 27.3 Å². The molecule has 1 amide bonds. The first kappa shape index (κ1) is 15.8. The number of amides is 1. The van der Waals surface area contributed by atoms with E-state index in [2.05, 4.69) is 21.2 Å². The third kappa shape index (κ3) is 2.57. The molecule has 5 heterocycles. The van der Waals surface area contributed by atoms with Crippen LogP contribution in [0.15, 0.2) is 53.4 Å². The molecule has 0 unspecified atom stereocenters. The Bertz CT molecular complexity index is 1070. The standard InChI is InChI=1S/C20H17N3OS2/c24-20(22-8-3-4-9-22)14-12-17(23-10-2-1-6-16(14)23)15-13-26-19(21-15)18-7-5-11-25-18/h1-2,5-7,10-13H,3-4,8-9H2. The van der Waals surface area contributed by atoms with Crippen LogP contribution in [0.5, 0.6) is 0 Å². The fraction of sp³-hybridized carbons (Fsp3) is 0.200. The number of likely N-dealkylation sites (tertiary alicyclic amines) is 1. The molecule has 1 saturated heterocycles. The summed E-state index contributed by atoms with van der Waals surface area (Å²) in [5, 5.41) is 5.16. The van der Waals surface area contributed by atoms with Crippen LogP contribution in [0.3, 0.4) is 0 Å². The Morgan fingerprint density at radius 2 is 1.96 bits per heavy atom. The van der Waals surface area contributed by atoms with E-state index in [0.717, 1.165) is 53.4 Å². The van der Waals surface area contributed by atoms with Gasteiger partial charge in [-0.2, -0.15) is 0 Å². The van der Waals surface area contributed by atoms with Crippen LogP contribution in [0.25, 0.3) is 26.8 Å². The second kappa shape index (κ2) is 6.37. The topological polar surface area (TPSA) is 37.6 Å². The number of fused-ring (bicyclic) bond motifs is 1. The summed E-state index contributed by atoms with van der Waals surface area (Å²) >= 11 is 3.34. The van der Waals surface area contributed by atoms with Crippen molar-refractivity contribution in [3.63, 3.8) is 0 Å². The van der Waals surface area contributed by atoms with Crippen LogP contribution < -0.4 is 0 Å². The van der Waals surface area contributed by atoms with Crippen molar-refractivity contribution >= 4 is 34.1 Å². The van der Waals surface area contributed by atoms with Gasteiger partial charge in [-0.05, 0) is 42.5 Å². The second-order valence-corrected chi connectivity index (χ2v) is 8.22. The number of aromatic nitrogens is 2. The van der Waals surface area contributed by atoms with E-state index in [0.29, 0.717) is 0 Å². The van der Waals surface area contributed by atoms with Crippen molar-refractivity contribution in [3.8, 4) is 21.3 Å². The highest BCUT2D eigenvalue weighted by Crippen LogP contribution is 2.33. The monoisotopic (exact) mass is 379 g/mol. The SMILES string of the molecule is O=C(c1cc(-c2csc(-c3cccs3)n2)n2ccccc12)N1CCCC1. The van der Waals surface area contributed by atoms with E-state index in [1.165, 1.54) is 4.88 Å². The van der Waals surface area contributed by atoms with Crippen molar-refractivity contribution in [3.05, 3.63) is 58.9 Å². The lowest BCUT2D eigenvalue weighted by molar-refractivity contribution is 0.0795. The van der Waals surface area contributed by atoms with Gasteiger partial charge in [-0.3, -0.25) is 4.79 Å². The van der Waals surface area contributed by atoms with Crippen LogP contribution in [0.4, 0.5) is 0 Å². The molecule has 0 aromatic carbocycles. The fourth-order valence-electron chi connectivity index (χ4n) is 3.52. The van der Waals surface area contributed by atoms with E-state index in [9.17, 15) is 4.79 Å². The lowest BCUT2D eigenvalue weighted by atomic mass is 10.2. The molecule has 6 heteroatoms. The summed E-state index contributed by atoms with van der Waals surface area (Å²) in [7, 11) is 0. The van der Waals surface area contributed by atoms with Gasteiger partial charge in [0, 0.05) is 24.7 Å².